The molecule has 5 heteroatoms. The summed E-state index contributed by atoms with van der Waals surface area (Å²) in [6.45, 7) is 8.29. The van der Waals surface area contributed by atoms with E-state index in [2.05, 4.69) is 9.80 Å². The summed E-state index contributed by atoms with van der Waals surface area (Å²) in [5, 5.41) is 1.80. The van der Waals surface area contributed by atoms with Gasteiger partial charge in [0.1, 0.15) is 0 Å². The van der Waals surface area contributed by atoms with Crippen LogP contribution < -0.4 is 0 Å². The van der Waals surface area contributed by atoms with Crippen LogP contribution in [-0.4, -0.2) is 73.2 Å². The average molecular weight is 253 g/mol. The van der Waals surface area contributed by atoms with Gasteiger partial charge in [0.25, 0.3) is 0 Å². The Labute approximate surface area is 109 Å². The fourth-order valence-electron chi connectivity index (χ4n) is 3.76. The van der Waals surface area contributed by atoms with Crippen LogP contribution >= 0.6 is 0 Å². The van der Waals surface area contributed by atoms with Crippen molar-refractivity contribution in [1.82, 2.24) is 14.9 Å². The van der Waals surface area contributed by atoms with Gasteiger partial charge < -0.3 is 9.74 Å². The number of rotatable bonds is 3. The van der Waals surface area contributed by atoms with Crippen molar-refractivity contribution in [2.75, 3.05) is 45.8 Å². The fraction of sp³-hybridized carbons (Fsp3) is 0.923. The van der Waals surface area contributed by atoms with Crippen molar-refractivity contribution in [1.29, 1.82) is 0 Å². The maximum Gasteiger partial charge on any atom is 0.312 e. The minimum atomic E-state index is 0.546. The van der Waals surface area contributed by atoms with E-state index >= 15 is 0 Å². The SMILES string of the molecule is O=CON1CCCN(C2CN3CCC2CC3)CC1. The molecule has 4 saturated heterocycles. The molecule has 4 rings (SSSR count). The standard InChI is InChI=1S/C13H23N3O2/c17-11-18-16-5-1-4-15(8-9-16)13-10-14-6-2-12(13)3-7-14/h11-13H,1-10H2. The van der Waals surface area contributed by atoms with Crippen LogP contribution in [0.3, 0.4) is 0 Å². The Hall–Kier alpha value is -0.650. The Kier molecular flexibility index (Phi) is 3.82. The summed E-state index contributed by atoms with van der Waals surface area (Å²) in [5.41, 5.74) is 0. The molecule has 1 atom stereocenters. The zero-order valence-electron chi connectivity index (χ0n) is 11.0. The van der Waals surface area contributed by atoms with Crippen molar-refractivity contribution in [2.24, 2.45) is 5.92 Å². The normalized spacial score (nSPS) is 38.3. The van der Waals surface area contributed by atoms with Gasteiger partial charge in [-0.25, -0.2) is 0 Å². The molecule has 0 N–H and O–H groups in total. The number of carbonyl (C=O) groups excluding carboxylic acids is 1. The molecule has 0 aromatic carbocycles. The maximum absolute atomic E-state index is 10.4. The molecule has 2 bridgehead atoms. The lowest BCUT2D eigenvalue weighted by Crippen LogP contribution is -2.57. The van der Waals surface area contributed by atoms with Crippen molar-refractivity contribution < 1.29 is 9.63 Å². The molecule has 5 nitrogen and oxygen atoms in total. The molecule has 4 fully saturated rings. The van der Waals surface area contributed by atoms with Crippen molar-refractivity contribution >= 4 is 6.47 Å². The van der Waals surface area contributed by atoms with E-state index in [9.17, 15) is 4.79 Å². The molecule has 0 saturated carbocycles. The number of carbonyl (C=O) groups is 1. The lowest BCUT2D eigenvalue weighted by atomic mass is 9.83. The second-order valence-corrected chi connectivity index (χ2v) is 5.73. The van der Waals surface area contributed by atoms with Crippen LogP contribution in [0, 0.1) is 5.92 Å². The van der Waals surface area contributed by atoms with Crippen LogP contribution in [0.25, 0.3) is 0 Å². The first-order valence-corrected chi connectivity index (χ1v) is 7.18. The number of hydrogen-bond donors (Lipinski definition) is 0. The Morgan fingerprint density at radius 3 is 2.50 bits per heavy atom. The van der Waals surface area contributed by atoms with Crippen molar-refractivity contribution in [2.45, 2.75) is 25.3 Å². The largest absolute Gasteiger partial charge is 0.371 e. The van der Waals surface area contributed by atoms with E-state index in [4.69, 9.17) is 4.84 Å². The van der Waals surface area contributed by atoms with Crippen LogP contribution in [0.1, 0.15) is 19.3 Å². The maximum atomic E-state index is 10.4. The molecular formula is C13H23N3O2. The molecule has 18 heavy (non-hydrogen) atoms. The molecule has 1 unspecified atom stereocenters. The van der Waals surface area contributed by atoms with Gasteiger partial charge >= 0.3 is 6.47 Å². The zero-order chi connectivity index (χ0) is 12.4. The second kappa shape index (κ2) is 5.55. The quantitative estimate of drug-likeness (QED) is 0.670. The third-order valence-corrected chi connectivity index (χ3v) is 4.77. The summed E-state index contributed by atoms with van der Waals surface area (Å²) in [4.78, 5) is 20.6. The molecule has 0 aromatic heterocycles. The Morgan fingerprint density at radius 1 is 1.00 bits per heavy atom. The summed E-state index contributed by atoms with van der Waals surface area (Å²) in [6, 6.07) is 0.740. The summed E-state index contributed by atoms with van der Waals surface area (Å²) < 4.78 is 0. The van der Waals surface area contributed by atoms with E-state index in [1.165, 1.54) is 32.5 Å². The van der Waals surface area contributed by atoms with Crippen molar-refractivity contribution in [3.05, 3.63) is 0 Å². The zero-order valence-corrected chi connectivity index (χ0v) is 11.0. The van der Waals surface area contributed by atoms with Gasteiger partial charge in [-0.2, -0.15) is 0 Å². The average Bonchev–Trinajstić information content (AvgIpc) is 2.66. The highest BCUT2D eigenvalue weighted by Gasteiger charge is 2.37. The lowest BCUT2D eigenvalue weighted by molar-refractivity contribution is -0.172. The number of piperidine rings is 3. The van der Waals surface area contributed by atoms with Gasteiger partial charge in [0, 0.05) is 32.2 Å². The molecule has 4 aliphatic rings. The highest BCUT2D eigenvalue weighted by atomic mass is 16.7. The first-order chi connectivity index (χ1) is 8.86. The fourth-order valence-corrected chi connectivity index (χ4v) is 3.76. The van der Waals surface area contributed by atoms with E-state index in [0.717, 1.165) is 44.6 Å². The third-order valence-electron chi connectivity index (χ3n) is 4.77. The molecule has 4 heterocycles. The molecule has 0 amide bonds. The predicted octanol–water partition coefficient (Wildman–Crippen LogP) is 0.176. The second-order valence-electron chi connectivity index (χ2n) is 5.73. The summed E-state index contributed by atoms with van der Waals surface area (Å²) in [7, 11) is 0. The highest BCUT2D eigenvalue weighted by molar-refractivity contribution is 5.36. The van der Waals surface area contributed by atoms with Gasteiger partial charge in [0.05, 0.1) is 0 Å². The smallest absolute Gasteiger partial charge is 0.312 e. The summed E-state index contributed by atoms with van der Waals surface area (Å²) >= 11 is 0. The summed E-state index contributed by atoms with van der Waals surface area (Å²) in [5.74, 6) is 0.897. The van der Waals surface area contributed by atoms with Crippen LogP contribution in [0.2, 0.25) is 0 Å². The topological polar surface area (TPSA) is 36.0 Å². The van der Waals surface area contributed by atoms with Crippen LogP contribution in [0.4, 0.5) is 0 Å². The minimum Gasteiger partial charge on any atom is -0.371 e. The van der Waals surface area contributed by atoms with Crippen LogP contribution in [-0.2, 0) is 9.63 Å². The van der Waals surface area contributed by atoms with E-state index in [0.29, 0.717) is 6.47 Å². The van der Waals surface area contributed by atoms with Crippen molar-refractivity contribution in [3.8, 4) is 0 Å². The van der Waals surface area contributed by atoms with Gasteiger partial charge in [-0.05, 0) is 44.8 Å². The monoisotopic (exact) mass is 253 g/mol. The molecular weight excluding hydrogens is 230 g/mol. The van der Waals surface area contributed by atoms with E-state index in [1.807, 2.05) is 0 Å². The van der Waals surface area contributed by atoms with E-state index in [1.54, 1.807) is 5.06 Å². The van der Waals surface area contributed by atoms with Gasteiger partial charge in [-0.3, -0.25) is 9.69 Å². The number of hydrogen-bond acceptors (Lipinski definition) is 5. The first kappa shape index (κ1) is 12.4. The van der Waals surface area contributed by atoms with E-state index < -0.39 is 0 Å². The molecule has 0 aromatic rings. The first-order valence-electron chi connectivity index (χ1n) is 7.18. The third kappa shape index (κ3) is 2.53. The Bertz CT molecular complexity index is 292. The van der Waals surface area contributed by atoms with Crippen LogP contribution in [0.5, 0.6) is 0 Å². The number of nitrogens with zero attached hydrogens (tertiary/aromatic N) is 3. The van der Waals surface area contributed by atoms with Crippen molar-refractivity contribution in [3.63, 3.8) is 0 Å². The molecule has 4 aliphatic heterocycles. The molecule has 0 radical (unpaired) electrons. The summed E-state index contributed by atoms with van der Waals surface area (Å²) in [6.07, 6.45) is 3.84. The predicted molar refractivity (Wildman–Crippen MR) is 67.9 cm³/mol. The number of fused-ring (bicyclic) bond motifs is 3. The molecule has 0 aliphatic carbocycles. The van der Waals surface area contributed by atoms with Crippen LogP contribution in [0.15, 0.2) is 0 Å². The highest BCUT2D eigenvalue weighted by Crippen LogP contribution is 2.31. The van der Waals surface area contributed by atoms with Gasteiger partial charge in [0.15, 0.2) is 0 Å². The van der Waals surface area contributed by atoms with Gasteiger partial charge in [0.2, 0.25) is 0 Å². The number of hydroxylamine groups is 2. The van der Waals surface area contributed by atoms with Gasteiger partial charge in [-0.15, -0.1) is 5.06 Å². The molecule has 102 valence electrons. The van der Waals surface area contributed by atoms with Gasteiger partial charge in [-0.1, -0.05) is 0 Å². The Balaban J connectivity index is 1.58. The molecule has 0 spiro atoms. The van der Waals surface area contributed by atoms with E-state index in [-0.39, 0.29) is 0 Å². The minimum absolute atomic E-state index is 0.546. The Morgan fingerprint density at radius 2 is 1.83 bits per heavy atom. The lowest BCUT2D eigenvalue weighted by Gasteiger charge is -2.49.